The SMILES string of the molecule is CSc1ccc(/C=C/C(=O)OCC(=O)Nc2ccccc2C)cc1. The summed E-state index contributed by atoms with van der Waals surface area (Å²) in [6, 6.07) is 15.2. The molecule has 4 nitrogen and oxygen atoms in total. The number of benzene rings is 2. The van der Waals surface area contributed by atoms with Gasteiger partial charge in [0.1, 0.15) is 0 Å². The predicted molar refractivity (Wildman–Crippen MR) is 98.0 cm³/mol. The minimum Gasteiger partial charge on any atom is -0.452 e. The molecule has 124 valence electrons. The van der Waals surface area contributed by atoms with E-state index in [0.29, 0.717) is 5.69 Å². The van der Waals surface area contributed by atoms with Crippen LogP contribution in [0.1, 0.15) is 11.1 Å². The van der Waals surface area contributed by atoms with E-state index in [2.05, 4.69) is 5.32 Å². The van der Waals surface area contributed by atoms with Crippen molar-refractivity contribution in [1.82, 2.24) is 0 Å². The maximum absolute atomic E-state index is 11.8. The van der Waals surface area contributed by atoms with Gasteiger partial charge in [-0.2, -0.15) is 0 Å². The Morgan fingerprint density at radius 3 is 2.50 bits per heavy atom. The fraction of sp³-hybridized carbons (Fsp3) is 0.158. The number of nitrogens with one attached hydrogen (secondary N) is 1. The average molecular weight is 341 g/mol. The molecule has 1 N–H and O–H groups in total. The molecule has 0 bridgehead atoms. The Kier molecular flexibility index (Phi) is 6.63. The van der Waals surface area contributed by atoms with E-state index in [1.165, 1.54) is 6.08 Å². The predicted octanol–water partition coefficient (Wildman–Crippen LogP) is 3.91. The minimum absolute atomic E-state index is 0.317. The van der Waals surface area contributed by atoms with Crippen LogP contribution in [0.2, 0.25) is 0 Å². The molecule has 0 aliphatic rings. The van der Waals surface area contributed by atoms with Crippen molar-refractivity contribution in [1.29, 1.82) is 0 Å². The number of para-hydroxylation sites is 1. The molecule has 0 saturated heterocycles. The second-order valence-electron chi connectivity index (χ2n) is 5.08. The summed E-state index contributed by atoms with van der Waals surface area (Å²) in [6.07, 6.45) is 4.98. The normalized spacial score (nSPS) is 10.6. The smallest absolute Gasteiger partial charge is 0.331 e. The minimum atomic E-state index is -0.552. The standard InChI is InChI=1S/C19H19NO3S/c1-14-5-3-4-6-17(14)20-18(21)13-23-19(22)12-9-15-7-10-16(24-2)11-8-15/h3-12H,13H2,1-2H3,(H,20,21)/b12-9+. The molecule has 0 aliphatic carbocycles. The largest absolute Gasteiger partial charge is 0.452 e. The molecule has 0 aromatic heterocycles. The van der Waals surface area contributed by atoms with Crippen molar-refractivity contribution >= 4 is 35.4 Å². The topological polar surface area (TPSA) is 55.4 Å². The monoisotopic (exact) mass is 341 g/mol. The first-order chi connectivity index (χ1) is 11.6. The van der Waals surface area contributed by atoms with Gasteiger partial charge in [0.15, 0.2) is 6.61 Å². The van der Waals surface area contributed by atoms with Gasteiger partial charge in [-0.25, -0.2) is 4.79 Å². The van der Waals surface area contributed by atoms with Crippen LogP contribution in [0.3, 0.4) is 0 Å². The molecule has 0 fully saturated rings. The Morgan fingerprint density at radius 1 is 1.12 bits per heavy atom. The highest BCUT2D eigenvalue weighted by atomic mass is 32.2. The van der Waals surface area contributed by atoms with Crippen LogP contribution in [0.4, 0.5) is 5.69 Å². The highest BCUT2D eigenvalue weighted by molar-refractivity contribution is 7.98. The molecule has 0 spiro atoms. The van der Waals surface area contributed by atoms with Crippen LogP contribution in [-0.4, -0.2) is 24.7 Å². The van der Waals surface area contributed by atoms with Crippen molar-refractivity contribution in [2.45, 2.75) is 11.8 Å². The fourth-order valence-electron chi connectivity index (χ4n) is 1.96. The summed E-state index contributed by atoms with van der Waals surface area (Å²) < 4.78 is 4.94. The van der Waals surface area contributed by atoms with E-state index < -0.39 is 5.97 Å². The zero-order valence-corrected chi connectivity index (χ0v) is 14.4. The van der Waals surface area contributed by atoms with E-state index in [0.717, 1.165) is 16.0 Å². The van der Waals surface area contributed by atoms with Crippen molar-refractivity contribution in [3.63, 3.8) is 0 Å². The molecule has 0 saturated carbocycles. The maximum atomic E-state index is 11.8. The van der Waals surface area contributed by atoms with Gasteiger partial charge in [0.05, 0.1) is 0 Å². The van der Waals surface area contributed by atoms with Crippen LogP contribution in [0, 0.1) is 6.92 Å². The fourth-order valence-corrected chi connectivity index (χ4v) is 2.37. The lowest BCUT2D eigenvalue weighted by atomic mass is 10.2. The Labute approximate surface area is 145 Å². The van der Waals surface area contributed by atoms with Crippen LogP contribution in [0.15, 0.2) is 59.5 Å². The number of hydrogen-bond acceptors (Lipinski definition) is 4. The van der Waals surface area contributed by atoms with Gasteiger partial charge in [0, 0.05) is 16.7 Å². The average Bonchev–Trinajstić information content (AvgIpc) is 2.60. The summed E-state index contributed by atoms with van der Waals surface area (Å²) in [7, 11) is 0. The van der Waals surface area contributed by atoms with E-state index >= 15 is 0 Å². The Bertz CT molecular complexity index is 739. The van der Waals surface area contributed by atoms with Gasteiger partial charge >= 0.3 is 5.97 Å². The van der Waals surface area contributed by atoms with Gasteiger partial charge in [-0.05, 0) is 48.6 Å². The molecule has 0 aliphatic heterocycles. The first kappa shape index (κ1) is 17.8. The van der Waals surface area contributed by atoms with E-state index in [1.54, 1.807) is 23.9 Å². The van der Waals surface area contributed by atoms with Crippen LogP contribution in [0.5, 0.6) is 0 Å². The third-order valence-corrected chi connectivity index (χ3v) is 4.04. The van der Waals surface area contributed by atoms with Gasteiger partial charge < -0.3 is 10.1 Å². The van der Waals surface area contributed by atoms with E-state index in [1.807, 2.05) is 55.6 Å². The van der Waals surface area contributed by atoms with Crippen molar-refractivity contribution in [2.24, 2.45) is 0 Å². The molecule has 1 amide bonds. The summed E-state index contributed by atoms with van der Waals surface area (Å²) in [5, 5.41) is 2.71. The lowest BCUT2D eigenvalue weighted by Gasteiger charge is -2.07. The third kappa shape index (κ3) is 5.59. The Morgan fingerprint density at radius 2 is 1.83 bits per heavy atom. The number of carbonyl (C=O) groups is 2. The highest BCUT2D eigenvalue weighted by Crippen LogP contribution is 2.15. The van der Waals surface area contributed by atoms with Crippen molar-refractivity contribution in [3.8, 4) is 0 Å². The Balaban J connectivity index is 1.80. The molecule has 0 radical (unpaired) electrons. The second-order valence-corrected chi connectivity index (χ2v) is 5.96. The first-order valence-electron chi connectivity index (χ1n) is 7.43. The zero-order chi connectivity index (χ0) is 17.4. The molecule has 5 heteroatoms. The number of carbonyl (C=O) groups excluding carboxylic acids is 2. The lowest BCUT2D eigenvalue weighted by Crippen LogP contribution is -2.20. The number of ether oxygens (including phenoxy) is 1. The molecule has 2 aromatic carbocycles. The molecule has 2 aromatic rings. The van der Waals surface area contributed by atoms with E-state index in [-0.39, 0.29) is 12.5 Å². The first-order valence-corrected chi connectivity index (χ1v) is 8.65. The number of rotatable bonds is 6. The van der Waals surface area contributed by atoms with E-state index in [9.17, 15) is 9.59 Å². The number of aryl methyl sites for hydroxylation is 1. The zero-order valence-electron chi connectivity index (χ0n) is 13.6. The summed E-state index contributed by atoms with van der Waals surface area (Å²) in [5.41, 5.74) is 2.56. The van der Waals surface area contributed by atoms with Crippen molar-refractivity contribution in [2.75, 3.05) is 18.2 Å². The highest BCUT2D eigenvalue weighted by Gasteiger charge is 2.06. The number of thioether (sulfide) groups is 1. The summed E-state index contributed by atoms with van der Waals surface area (Å²) >= 11 is 1.65. The van der Waals surface area contributed by atoms with Crippen LogP contribution >= 0.6 is 11.8 Å². The summed E-state index contributed by atoms with van der Waals surface area (Å²) in [6.45, 7) is 1.58. The quantitative estimate of drug-likeness (QED) is 0.492. The lowest BCUT2D eigenvalue weighted by molar-refractivity contribution is -0.142. The molecule has 0 atom stereocenters. The van der Waals surface area contributed by atoms with Crippen molar-refractivity contribution < 1.29 is 14.3 Å². The van der Waals surface area contributed by atoms with Gasteiger partial charge in [0.2, 0.25) is 0 Å². The van der Waals surface area contributed by atoms with Crippen LogP contribution in [-0.2, 0) is 14.3 Å². The maximum Gasteiger partial charge on any atom is 0.331 e. The molecule has 0 unspecified atom stereocenters. The number of anilines is 1. The number of esters is 1. The van der Waals surface area contributed by atoms with Crippen molar-refractivity contribution in [3.05, 3.63) is 65.7 Å². The van der Waals surface area contributed by atoms with Crippen LogP contribution in [0.25, 0.3) is 6.08 Å². The van der Waals surface area contributed by atoms with E-state index in [4.69, 9.17) is 4.74 Å². The second kappa shape index (κ2) is 8.93. The summed E-state index contributed by atoms with van der Waals surface area (Å²) in [4.78, 5) is 24.6. The summed E-state index contributed by atoms with van der Waals surface area (Å²) in [5.74, 6) is -0.917. The Hall–Kier alpha value is -2.53. The molecule has 2 rings (SSSR count). The third-order valence-electron chi connectivity index (χ3n) is 3.29. The number of hydrogen-bond donors (Lipinski definition) is 1. The van der Waals surface area contributed by atoms with Gasteiger partial charge in [-0.15, -0.1) is 11.8 Å². The molecule has 0 heterocycles. The van der Waals surface area contributed by atoms with Gasteiger partial charge in [0.25, 0.3) is 5.91 Å². The molecule has 24 heavy (non-hydrogen) atoms. The van der Waals surface area contributed by atoms with Gasteiger partial charge in [-0.1, -0.05) is 30.3 Å². The molecular formula is C19H19NO3S. The van der Waals surface area contributed by atoms with Gasteiger partial charge in [-0.3, -0.25) is 4.79 Å². The number of amides is 1. The molecular weight excluding hydrogens is 322 g/mol. The van der Waals surface area contributed by atoms with Crippen LogP contribution < -0.4 is 5.32 Å².